The molecule has 2 aliphatic rings. The van der Waals surface area contributed by atoms with Crippen LogP contribution >= 0.6 is 0 Å². The summed E-state index contributed by atoms with van der Waals surface area (Å²) in [4.78, 5) is 23.1. The fourth-order valence-corrected chi connectivity index (χ4v) is 3.06. The molecule has 7 heteroatoms. The van der Waals surface area contributed by atoms with E-state index in [0.29, 0.717) is 0 Å². The fraction of sp³-hybridized carbons (Fsp3) is 0.385. The third-order valence-corrected chi connectivity index (χ3v) is 3.94. The number of carbonyl (C=O) groups is 2. The zero-order chi connectivity index (χ0) is 14.7. The molecule has 3 rings (SSSR count). The number of carboxylic acid groups (broad SMARTS) is 1. The molecular formula is C13H12O7. The summed E-state index contributed by atoms with van der Waals surface area (Å²) in [5.74, 6) is -3.50. The topological polar surface area (TPSA) is 124 Å². The van der Waals surface area contributed by atoms with E-state index < -0.39 is 36.2 Å². The quantitative estimate of drug-likeness (QED) is 0.557. The summed E-state index contributed by atoms with van der Waals surface area (Å²) in [6.45, 7) is -0.583. The molecule has 0 amide bonds. The second kappa shape index (κ2) is 3.94. The summed E-state index contributed by atoms with van der Waals surface area (Å²) in [5, 5.41) is 38.5. The van der Waals surface area contributed by atoms with E-state index in [2.05, 4.69) is 0 Å². The highest BCUT2D eigenvalue weighted by molar-refractivity contribution is 5.96. The van der Waals surface area contributed by atoms with E-state index in [1.54, 1.807) is 0 Å². The Labute approximate surface area is 113 Å². The molecular weight excluding hydrogens is 268 g/mol. The highest BCUT2D eigenvalue weighted by atomic mass is 16.6. The molecule has 0 aromatic heterocycles. The van der Waals surface area contributed by atoms with Gasteiger partial charge in [-0.25, -0.2) is 4.79 Å². The number of phenolic OH excluding ortho intramolecular Hbond substituents is 1. The molecule has 0 saturated heterocycles. The van der Waals surface area contributed by atoms with Gasteiger partial charge in [-0.05, 0) is 17.7 Å². The minimum Gasteiger partial charge on any atom is -0.508 e. The van der Waals surface area contributed by atoms with Crippen LogP contribution in [0.2, 0.25) is 0 Å². The number of aliphatic carboxylic acids is 1. The zero-order valence-corrected chi connectivity index (χ0v) is 10.2. The number of phenols is 1. The maximum atomic E-state index is 11.8. The first kappa shape index (κ1) is 12.9. The Kier molecular flexibility index (Phi) is 2.54. The monoisotopic (exact) mass is 280 g/mol. The Bertz CT molecular complexity index is 623. The molecule has 1 aliphatic carbocycles. The van der Waals surface area contributed by atoms with Crippen LogP contribution in [-0.4, -0.2) is 39.0 Å². The van der Waals surface area contributed by atoms with Crippen LogP contribution in [0.1, 0.15) is 34.0 Å². The van der Waals surface area contributed by atoms with Crippen molar-refractivity contribution in [3.05, 3.63) is 28.8 Å². The van der Waals surface area contributed by atoms with Gasteiger partial charge in [-0.15, -0.1) is 0 Å². The molecule has 1 aliphatic heterocycles. The van der Waals surface area contributed by atoms with E-state index in [4.69, 9.17) is 9.84 Å². The predicted octanol–water partition coefficient (Wildman–Crippen LogP) is -0.112. The largest absolute Gasteiger partial charge is 0.508 e. The van der Waals surface area contributed by atoms with Crippen LogP contribution in [0.3, 0.4) is 0 Å². The number of hydrogen-bond donors (Lipinski definition) is 4. The molecule has 1 aromatic rings. The summed E-state index contributed by atoms with van der Waals surface area (Å²) >= 11 is 0. The number of hydrogen-bond acceptors (Lipinski definition) is 6. The lowest BCUT2D eigenvalue weighted by Gasteiger charge is -2.37. The summed E-state index contributed by atoms with van der Waals surface area (Å²) in [6.07, 6.45) is -1.58. The van der Waals surface area contributed by atoms with Crippen LogP contribution in [0.4, 0.5) is 0 Å². The Morgan fingerprint density at radius 3 is 2.75 bits per heavy atom. The molecule has 0 radical (unpaired) electrons. The van der Waals surface area contributed by atoms with Gasteiger partial charge in [0.25, 0.3) is 0 Å². The van der Waals surface area contributed by atoms with Gasteiger partial charge in [0.15, 0.2) is 5.60 Å². The predicted molar refractivity (Wildman–Crippen MR) is 63.0 cm³/mol. The highest BCUT2D eigenvalue weighted by Crippen LogP contribution is 2.52. The Morgan fingerprint density at radius 2 is 2.15 bits per heavy atom. The molecule has 0 unspecified atom stereocenters. The molecule has 0 spiro atoms. The van der Waals surface area contributed by atoms with Crippen molar-refractivity contribution >= 4 is 11.9 Å². The Hall–Kier alpha value is -2.12. The molecule has 3 atom stereocenters. The number of aliphatic hydroxyl groups is 2. The van der Waals surface area contributed by atoms with Gasteiger partial charge in [0.05, 0.1) is 24.2 Å². The van der Waals surface area contributed by atoms with E-state index in [-0.39, 0.29) is 28.9 Å². The van der Waals surface area contributed by atoms with Gasteiger partial charge in [-0.1, -0.05) is 0 Å². The molecule has 4 N–H and O–H groups in total. The maximum Gasteiger partial charge on any atom is 0.339 e. The number of carbonyl (C=O) groups excluding carboxylic acids is 1. The lowest BCUT2D eigenvalue weighted by atomic mass is 9.72. The minimum absolute atomic E-state index is 0.0527. The first-order valence-corrected chi connectivity index (χ1v) is 6.02. The van der Waals surface area contributed by atoms with Crippen molar-refractivity contribution in [1.82, 2.24) is 0 Å². The average molecular weight is 280 g/mol. The molecule has 0 saturated carbocycles. The second-order valence-corrected chi connectivity index (χ2v) is 5.09. The molecule has 20 heavy (non-hydrogen) atoms. The molecule has 1 aromatic carbocycles. The van der Waals surface area contributed by atoms with Crippen LogP contribution < -0.4 is 0 Å². The highest BCUT2D eigenvalue weighted by Gasteiger charge is 2.55. The number of ether oxygens (including phenoxy) is 1. The van der Waals surface area contributed by atoms with Crippen LogP contribution in [0, 0.1) is 5.92 Å². The van der Waals surface area contributed by atoms with Crippen molar-refractivity contribution in [2.75, 3.05) is 6.61 Å². The number of aliphatic hydroxyl groups excluding tert-OH is 2. The van der Waals surface area contributed by atoms with Crippen LogP contribution in [0.15, 0.2) is 12.1 Å². The van der Waals surface area contributed by atoms with Crippen molar-refractivity contribution < 1.29 is 34.8 Å². The molecule has 0 fully saturated rings. The molecule has 7 nitrogen and oxygen atoms in total. The summed E-state index contributed by atoms with van der Waals surface area (Å²) in [7, 11) is 0. The molecule has 1 heterocycles. The second-order valence-electron chi connectivity index (χ2n) is 5.09. The van der Waals surface area contributed by atoms with Gasteiger partial charge in [0.1, 0.15) is 5.75 Å². The van der Waals surface area contributed by atoms with Crippen LogP contribution in [0.25, 0.3) is 0 Å². The smallest absolute Gasteiger partial charge is 0.339 e. The van der Waals surface area contributed by atoms with Crippen molar-refractivity contribution in [3.8, 4) is 5.75 Å². The summed E-state index contributed by atoms with van der Waals surface area (Å²) in [5.41, 5.74) is -1.03. The van der Waals surface area contributed by atoms with Crippen molar-refractivity contribution in [3.63, 3.8) is 0 Å². The van der Waals surface area contributed by atoms with Gasteiger partial charge in [0.2, 0.25) is 0 Å². The molecule has 0 bridgehead atoms. The van der Waals surface area contributed by atoms with E-state index in [1.165, 1.54) is 12.1 Å². The Balaban J connectivity index is 2.29. The third kappa shape index (κ3) is 1.47. The van der Waals surface area contributed by atoms with E-state index in [1.807, 2.05) is 0 Å². The lowest BCUT2D eigenvalue weighted by Crippen LogP contribution is -2.42. The standard InChI is InChI=1S/C13H12O7/c14-4-13-3-8(11(17)18)10(16)6-1-5(15)2-7(9(6)13)12(19)20-13/h1-2,8,10,14-16H,3-4H2,(H,17,18)/t8-,10+,13-/m0/s1. The normalized spacial score (nSPS) is 30.8. The summed E-state index contributed by atoms with van der Waals surface area (Å²) in [6, 6.07) is 2.39. The van der Waals surface area contributed by atoms with E-state index in [9.17, 15) is 24.9 Å². The van der Waals surface area contributed by atoms with Crippen LogP contribution in [-0.2, 0) is 15.1 Å². The zero-order valence-electron chi connectivity index (χ0n) is 10.2. The van der Waals surface area contributed by atoms with Gasteiger partial charge in [0, 0.05) is 12.0 Å². The molecule has 106 valence electrons. The van der Waals surface area contributed by atoms with Gasteiger partial charge in [-0.2, -0.15) is 0 Å². The van der Waals surface area contributed by atoms with E-state index >= 15 is 0 Å². The number of rotatable bonds is 2. The number of aromatic hydroxyl groups is 1. The first-order chi connectivity index (χ1) is 9.39. The first-order valence-electron chi connectivity index (χ1n) is 6.02. The number of benzene rings is 1. The average Bonchev–Trinajstić information content (AvgIpc) is 2.67. The van der Waals surface area contributed by atoms with E-state index in [0.717, 1.165) is 0 Å². The minimum atomic E-state index is -1.46. The van der Waals surface area contributed by atoms with Crippen LogP contribution in [0.5, 0.6) is 5.75 Å². The van der Waals surface area contributed by atoms with Gasteiger partial charge < -0.3 is 25.2 Å². The Morgan fingerprint density at radius 1 is 1.45 bits per heavy atom. The van der Waals surface area contributed by atoms with Gasteiger partial charge in [-0.3, -0.25) is 4.79 Å². The van der Waals surface area contributed by atoms with Crippen molar-refractivity contribution in [1.29, 1.82) is 0 Å². The summed E-state index contributed by atoms with van der Waals surface area (Å²) < 4.78 is 5.16. The number of esters is 1. The van der Waals surface area contributed by atoms with Gasteiger partial charge >= 0.3 is 11.9 Å². The fourth-order valence-electron chi connectivity index (χ4n) is 3.06. The lowest BCUT2D eigenvalue weighted by molar-refractivity contribution is -0.153. The maximum absolute atomic E-state index is 11.8. The van der Waals surface area contributed by atoms with Crippen molar-refractivity contribution in [2.24, 2.45) is 5.92 Å². The van der Waals surface area contributed by atoms with Crippen molar-refractivity contribution in [2.45, 2.75) is 18.1 Å². The SMILES string of the molecule is O=C1O[C@]2(CO)C[C@H](C(=O)O)[C@H](O)c3cc(O)cc1c32. The number of carboxylic acids is 1. The third-order valence-electron chi connectivity index (χ3n) is 3.94.